The lowest BCUT2D eigenvalue weighted by atomic mass is 9.93. The summed E-state index contributed by atoms with van der Waals surface area (Å²) in [5.41, 5.74) is -5.74. The van der Waals surface area contributed by atoms with E-state index in [0.29, 0.717) is 0 Å². The van der Waals surface area contributed by atoms with Crippen LogP contribution >= 0.6 is 0 Å². The van der Waals surface area contributed by atoms with E-state index in [1.165, 1.54) is 0 Å². The van der Waals surface area contributed by atoms with Crippen molar-refractivity contribution < 1.29 is 86.3 Å². The van der Waals surface area contributed by atoms with Crippen molar-refractivity contribution in [3.05, 3.63) is 0 Å². The Balaban J connectivity index is 0. The number of carbonyl (C=O) groups excluding carboxylic acids is 10. The van der Waals surface area contributed by atoms with E-state index >= 15 is 0 Å². The second-order valence-corrected chi connectivity index (χ2v) is 23.7. The zero-order valence-corrected chi connectivity index (χ0v) is 46.1. The lowest BCUT2D eigenvalue weighted by molar-refractivity contribution is -0.163. The summed E-state index contributed by atoms with van der Waals surface area (Å²) in [6, 6.07) is -4.59. The van der Waals surface area contributed by atoms with Crippen LogP contribution < -0.4 is 16.0 Å². The predicted molar refractivity (Wildman–Crippen MR) is 268 cm³/mol. The van der Waals surface area contributed by atoms with E-state index in [9.17, 15) is 57.8 Å². The van der Waals surface area contributed by atoms with Gasteiger partial charge in [-0.3, -0.25) is 38.4 Å². The van der Waals surface area contributed by atoms with E-state index in [-0.39, 0.29) is 52.4 Å². The fourth-order valence-corrected chi connectivity index (χ4v) is 6.35. The summed E-state index contributed by atoms with van der Waals surface area (Å²) >= 11 is 0. The van der Waals surface area contributed by atoms with Gasteiger partial charge < -0.3 is 49.5 Å². The van der Waals surface area contributed by atoms with E-state index in [0.717, 1.165) is 0 Å². The lowest BCUT2D eigenvalue weighted by Crippen LogP contribution is -2.53. The van der Waals surface area contributed by atoms with E-state index in [2.05, 4.69) is 16.0 Å². The van der Waals surface area contributed by atoms with E-state index < -0.39 is 155 Å². The Hall–Kier alpha value is -5.63. The standard InChI is InChI=1S/C51H85N3O18.CH4/c1-46(2,3)67-39(60)26-20-31(42(63)69-48(7,8)9)28-32(55)21-23-34(43(64)70-49(10,11)12)52-37(57)25-19-30(41(62)68-47(4,5)6)27-33(56)22-24-35(44(65)71-50(13,14)15)53-40(61)36(29-38(58)59)54-45(66)72-51(16,17)18;/h30-31,34-36H,19-29H2,1-18H3,(H,52,57)(H,53,61)(H,54,66)(H,58,59);1H4/t30-,31-,34+,35+,36+;/m1./s1. The molecule has 0 saturated heterocycles. The predicted octanol–water partition coefficient (Wildman–Crippen LogP) is 6.94. The van der Waals surface area contributed by atoms with Crippen LogP contribution in [-0.4, -0.2) is 122 Å². The van der Waals surface area contributed by atoms with Gasteiger partial charge >= 0.3 is 41.9 Å². The smallest absolute Gasteiger partial charge is 0.408 e. The van der Waals surface area contributed by atoms with Crippen LogP contribution in [0.5, 0.6) is 0 Å². The molecule has 0 bridgehead atoms. The van der Waals surface area contributed by atoms with Crippen LogP contribution in [0.3, 0.4) is 0 Å². The van der Waals surface area contributed by atoms with Gasteiger partial charge in [0.05, 0.1) is 18.3 Å². The molecule has 21 nitrogen and oxygen atoms in total. The van der Waals surface area contributed by atoms with Crippen molar-refractivity contribution in [3.63, 3.8) is 0 Å². The van der Waals surface area contributed by atoms with Crippen LogP contribution in [0, 0.1) is 11.8 Å². The summed E-state index contributed by atoms with van der Waals surface area (Å²) in [4.78, 5) is 144. The first kappa shape index (κ1) is 69.4. The summed E-state index contributed by atoms with van der Waals surface area (Å²) in [7, 11) is 0. The van der Waals surface area contributed by atoms with E-state index in [1.807, 2.05) is 0 Å². The zero-order chi connectivity index (χ0) is 56.4. The number of rotatable bonds is 26. The van der Waals surface area contributed by atoms with Crippen LogP contribution in [0.2, 0.25) is 0 Å². The van der Waals surface area contributed by atoms with Gasteiger partial charge in [-0.2, -0.15) is 0 Å². The van der Waals surface area contributed by atoms with Crippen LogP contribution in [0.25, 0.3) is 0 Å². The fraction of sp³-hybridized carbons (Fsp3) is 0.788. The first-order valence-corrected chi connectivity index (χ1v) is 24.3. The highest BCUT2D eigenvalue weighted by atomic mass is 16.6. The topological polar surface area (TPSA) is 299 Å². The van der Waals surface area contributed by atoms with Crippen molar-refractivity contribution in [2.75, 3.05) is 0 Å². The number of aliphatic carboxylic acids is 1. The minimum Gasteiger partial charge on any atom is -0.481 e. The monoisotopic (exact) mass is 1040 g/mol. The molecular formula is C52H89N3O18. The SMILES string of the molecule is C.CC(C)(C)OC(=O)CC[C@H](CC(=O)CC[C@H](NC(=O)CC[C@H](CC(=O)CC[C@H](NC(=O)[C@H](CC(=O)O)NC(=O)OC(C)(C)C)C(=O)OC(C)(C)C)C(=O)OC(C)(C)C)C(=O)OC(C)(C)C)C(=O)OC(C)(C)C. The normalized spacial score (nSPS) is 14.2. The van der Waals surface area contributed by atoms with Gasteiger partial charge in [-0.15, -0.1) is 0 Å². The Morgan fingerprint density at radius 3 is 1.08 bits per heavy atom. The van der Waals surface area contributed by atoms with Crippen molar-refractivity contribution >= 4 is 65.3 Å². The summed E-state index contributed by atoms with van der Waals surface area (Å²) in [6.45, 7) is 29.0. The average molecular weight is 1040 g/mol. The molecular weight excluding hydrogens is 955 g/mol. The number of ether oxygens (including phenoxy) is 6. The zero-order valence-electron chi connectivity index (χ0n) is 46.1. The first-order valence-electron chi connectivity index (χ1n) is 24.3. The van der Waals surface area contributed by atoms with Crippen LogP contribution in [-0.2, 0) is 76.4 Å². The lowest BCUT2D eigenvalue weighted by Gasteiger charge is -2.27. The maximum absolute atomic E-state index is 13.6. The van der Waals surface area contributed by atoms with Crippen molar-refractivity contribution in [2.24, 2.45) is 11.8 Å². The average Bonchev–Trinajstić information content (AvgIpc) is 3.13. The third-order valence-electron chi connectivity index (χ3n) is 9.11. The van der Waals surface area contributed by atoms with E-state index in [4.69, 9.17) is 28.4 Å². The second kappa shape index (κ2) is 29.3. The maximum Gasteiger partial charge on any atom is 0.408 e. The molecule has 420 valence electrons. The van der Waals surface area contributed by atoms with Gasteiger partial charge in [0.1, 0.15) is 63.3 Å². The highest BCUT2D eigenvalue weighted by Crippen LogP contribution is 2.24. The molecule has 0 aromatic heterocycles. The molecule has 4 N–H and O–H groups in total. The van der Waals surface area contributed by atoms with Gasteiger partial charge in [0.25, 0.3) is 0 Å². The quantitative estimate of drug-likeness (QED) is 0.0504. The number of carboxylic acids is 1. The molecule has 0 heterocycles. The van der Waals surface area contributed by atoms with Crippen LogP contribution in [0.4, 0.5) is 4.79 Å². The van der Waals surface area contributed by atoms with Crippen molar-refractivity contribution in [3.8, 4) is 0 Å². The summed E-state index contributed by atoms with van der Waals surface area (Å²) in [6.07, 6.45) is -5.05. The largest absolute Gasteiger partial charge is 0.481 e. The Morgan fingerprint density at radius 2 is 0.726 bits per heavy atom. The first-order chi connectivity index (χ1) is 32.3. The molecule has 0 aromatic carbocycles. The molecule has 0 aliphatic carbocycles. The van der Waals surface area contributed by atoms with Gasteiger partial charge in [0, 0.05) is 38.5 Å². The number of amides is 3. The molecule has 3 amide bonds. The third-order valence-corrected chi connectivity index (χ3v) is 9.11. The van der Waals surface area contributed by atoms with Crippen molar-refractivity contribution in [1.82, 2.24) is 16.0 Å². The third kappa shape index (κ3) is 35.2. The van der Waals surface area contributed by atoms with Gasteiger partial charge in [-0.05, 0) is 150 Å². The second-order valence-electron chi connectivity index (χ2n) is 23.7. The van der Waals surface area contributed by atoms with E-state index in [1.54, 1.807) is 125 Å². The molecule has 0 saturated carbocycles. The molecule has 0 aliphatic heterocycles. The number of esters is 5. The van der Waals surface area contributed by atoms with Crippen LogP contribution in [0.1, 0.15) is 203 Å². The maximum atomic E-state index is 13.6. The van der Waals surface area contributed by atoms with Gasteiger partial charge in [0.15, 0.2) is 0 Å². The number of alkyl carbamates (subject to hydrolysis) is 1. The Labute approximate surface area is 432 Å². The van der Waals surface area contributed by atoms with Gasteiger partial charge in [0.2, 0.25) is 11.8 Å². The Bertz CT molecular complexity index is 1920. The van der Waals surface area contributed by atoms with Gasteiger partial charge in [-0.1, -0.05) is 7.43 Å². The highest BCUT2D eigenvalue weighted by molar-refractivity contribution is 5.93. The van der Waals surface area contributed by atoms with Crippen molar-refractivity contribution in [1.29, 1.82) is 0 Å². The van der Waals surface area contributed by atoms with Crippen LogP contribution in [0.15, 0.2) is 0 Å². The number of Topliss-reactive ketones (excluding diaryl/α,β-unsaturated/α-hetero) is 2. The fourth-order valence-electron chi connectivity index (χ4n) is 6.35. The molecule has 0 aliphatic rings. The summed E-state index contributed by atoms with van der Waals surface area (Å²) in [5.74, 6) is -10.5. The number of hydrogen-bond acceptors (Lipinski definition) is 17. The minimum absolute atomic E-state index is 0. The van der Waals surface area contributed by atoms with Crippen molar-refractivity contribution in [2.45, 2.75) is 254 Å². The molecule has 73 heavy (non-hydrogen) atoms. The molecule has 0 unspecified atom stereocenters. The Kier molecular flexibility index (Phi) is 27.9. The number of hydrogen-bond donors (Lipinski definition) is 4. The highest BCUT2D eigenvalue weighted by Gasteiger charge is 2.36. The number of nitrogens with one attached hydrogen (secondary N) is 3. The Morgan fingerprint density at radius 1 is 0.384 bits per heavy atom. The minimum atomic E-state index is -1.70. The molecule has 21 heteroatoms. The summed E-state index contributed by atoms with van der Waals surface area (Å²) < 4.78 is 32.6. The number of carbonyl (C=O) groups is 11. The molecule has 0 rings (SSSR count). The summed E-state index contributed by atoms with van der Waals surface area (Å²) in [5, 5.41) is 16.6. The molecule has 0 spiro atoms. The number of ketones is 2. The number of carboxylic acid groups (broad SMARTS) is 1. The molecule has 0 radical (unpaired) electrons. The molecule has 5 atom stereocenters. The van der Waals surface area contributed by atoms with Gasteiger partial charge in [-0.25, -0.2) is 14.4 Å². The molecule has 0 fully saturated rings. The molecule has 0 aromatic rings.